The predicted octanol–water partition coefficient (Wildman–Crippen LogP) is 4.36. The van der Waals surface area contributed by atoms with Gasteiger partial charge in [0, 0.05) is 25.7 Å². The number of amides is 6. The van der Waals surface area contributed by atoms with Crippen LogP contribution < -0.4 is 32.7 Å². The summed E-state index contributed by atoms with van der Waals surface area (Å²) in [6, 6.07) is 14.0. The molecular formula is C44H66N6O8. The van der Waals surface area contributed by atoms with Crippen molar-refractivity contribution in [3.05, 3.63) is 71.8 Å². The van der Waals surface area contributed by atoms with Gasteiger partial charge < -0.3 is 37.8 Å². The van der Waals surface area contributed by atoms with Gasteiger partial charge in [-0.15, -0.1) is 0 Å². The number of rotatable bonds is 31. The van der Waals surface area contributed by atoms with Crippen molar-refractivity contribution >= 4 is 41.4 Å². The summed E-state index contributed by atoms with van der Waals surface area (Å²) in [5, 5.41) is 20.2. The van der Waals surface area contributed by atoms with Crippen LogP contribution in [0.4, 0.5) is 0 Å². The van der Waals surface area contributed by atoms with E-state index in [0.717, 1.165) is 76.2 Å². The third kappa shape index (κ3) is 20.8. The van der Waals surface area contributed by atoms with Gasteiger partial charge in [-0.1, -0.05) is 145 Å². The fourth-order valence-corrected chi connectivity index (χ4v) is 6.62. The van der Waals surface area contributed by atoms with E-state index >= 15 is 0 Å². The molecule has 0 aliphatic heterocycles. The zero-order chi connectivity index (χ0) is 42.7. The highest BCUT2D eigenvalue weighted by atomic mass is 16.4. The van der Waals surface area contributed by atoms with Crippen LogP contribution in [-0.2, 0) is 46.4 Å². The smallest absolute Gasteiger partial charge is 0.326 e. The van der Waals surface area contributed by atoms with Crippen molar-refractivity contribution in [3.63, 3.8) is 0 Å². The lowest BCUT2D eigenvalue weighted by molar-refractivity contribution is -0.142. The number of aliphatic carboxylic acids is 1. The number of carbonyl (C=O) groups is 7. The monoisotopic (exact) mass is 806 g/mol. The van der Waals surface area contributed by atoms with E-state index in [0.29, 0.717) is 24.8 Å². The average Bonchev–Trinajstić information content (AvgIpc) is 3.19. The molecule has 0 bridgehead atoms. The number of carboxylic acids is 1. The van der Waals surface area contributed by atoms with Crippen LogP contribution >= 0.6 is 0 Å². The highest BCUT2D eigenvalue weighted by Gasteiger charge is 2.30. The van der Waals surface area contributed by atoms with Crippen LogP contribution in [0.2, 0.25) is 0 Å². The number of nitrogens with one attached hydrogen (secondary N) is 4. The van der Waals surface area contributed by atoms with Crippen LogP contribution in [0.5, 0.6) is 0 Å². The molecule has 0 aliphatic carbocycles. The number of carbonyl (C=O) groups excluding carboxylic acids is 6. The molecule has 5 atom stereocenters. The second kappa shape index (κ2) is 28.2. The number of hydrogen-bond donors (Lipinski definition) is 7. The fourth-order valence-electron chi connectivity index (χ4n) is 6.62. The molecule has 9 N–H and O–H groups in total. The fraction of sp³-hybridized carbons (Fsp3) is 0.568. The van der Waals surface area contributed by atoms with Gasteiger partial charge in [-0.25, -0.2) is 4.79 Å². The summed E-state index contributed by atoms with van der Waals surface area (Å²) >= 11 is 0. The van der Waals surface area contributed by atoms with Crippen molar-refractivity contribution in [2.24, 2.45) is 17.4 Å². The number of benzene rings is 2. The first-order chi connectivity index (χ1) is 27.8. The van der Waals surface area contributed by atoms with Crippen molar-refractivity contribution in [2.45, 2.75) is 154 Å². The standard InChI is InChI=1S/C44H66N6O8/c1-3-31(2)40(43(56)48-34(41(46)54)28-32-22-16-14-17-23-32)50-39(53)27-21-13-11-9-7-5-4-6-8-10-12-20-26-38(52)47-35(30-37(45)51)42(55)49-36(44(57)58)29-33-24-18-15-19-25-33/h14-19,22-25,31,34-36,40H,3-13,20-21,26-30H2,1-2H3,(H2,45,51)(H2,46,54)(H,47,52)(H,48,56)(H,49,55)(H,50,53)(H,57,58)/t31?,34-,35-,36-,40-/m0/s1. The van der Waals surface area contributed by atoms with E-state index in [1.165, 1.54) is 0 Å². The van der Waals surface area contributed by atoms with Gasteiger partial charge in [-0.05, 0) is 29.9 Å². The normalized spacial score (nSPS) is 13.6. The first-order valence-electron chi connectivity index (χ1n) is 20.9. The van der Waals surface area contributed by atoms with Gasteiger partial charge in [-0.2, -0.15) is 0 Å². The number of primary amides is 2. The number of nitrogens with two attached hydrogens (primary N) is 2. The Labute approximate surface area is 343 Å². The zero-order valence-electron chi connectivity index (χ0n) is 34.3. The van der Waals surface area contributed by atoms with E-state index in [9.17, 15) is 38.7 Å². The minimum Gasteiger partial charge on any atom is -0.480 e. The zero-order valence-corrected chi connectivity index (χ0v) is 34.3. The lowest BCUT2D eigenvalue weighted by atomic mass is 9.97. The summed E-state index contributed by atoms with van der Waals surface area (Å²) < 4.78 is 0. The highest BCUT2D eigenvalue weighted by molar-refractivity contribution is 5.94. The molecule has 0 spiro atoms. The summed E-state index contributed by atoms with van der Waals surface area (Å²) in [4.78, 5) is 86.9. The molecule has 0 saturated heterocycles. The maximum absolute atomic E-state index is 13.2. The molecule has 0 aliphatic rings. The molecule has 0 saturated carbocycles. The summed E-state index contributed by atoms with van der Waals surface area (Å²) in [7, 11) is 0. The van der Waals surface area contributed by atoms with Gasteiger partial charge in [0.05, 0.1) is 6.42 Å². The van der Waals surface area contributed by atoms with Gasteiger partial charge in [0.25, 0.3) is 0 Å². The molecule has 2 rings (SSSR count). The topological polar surface area (TPSA) is 240 Å². The van der Waals surface area contributed by atoms with Gasteiger partial charge in [0.2, 0.25) is 35.4 Å². The molecule has 14 nitrogen and oxygen atoms in total. The lowest BCUT2D eigenvalue weighted by Gasteiger charge is -2.26. The lowest BCUT2D eigenvalue weighted by Crippen LogP contribution is -2.55. The Morgan fingerprint density at radius 3 is 1.38 bits per heavy atom. The molecule has 0 heterocycles. The number of unbranched alkanes of at least 4 members (excludes halogenated alkanes) is 11. The second-order valence-electron chi connectivity index (χ2n) is 15.2. The van der Waals surface area contributed by atoms with Crippen molar-refractivity contribution < 1.29 is 38.7 Å². The molecule has 320 valence electrons. The van der Waals surface area contributed by atoms with E-state index in [4.69, 9.17) is 11.5 Å². The van der Waals surface area contributed by atoms with E-state index in [1.54, 1.807) is 30.3 Å². The van der Waals surface area contributed by atoms with Gasteiger partial charge >= 0.3 is 5.97 Å². The molecule has 1 unspecified atom stereocenters. The predicted molar refractivity (Wildman–Crippen MR) is 223 cm³/mol. The van der Waals surface area contributed by atoms with Gasteiger partial charge in [-0.3, -0.25) is 28.8 Å². The Kier molecular flexibility index (Phi) is 23.7. The van der Waals surface area contributed by atoms with Crippen LogP contribution in [-0.4, -0.2) is 70.7 Å². The molecule has 0 fully saturated rings. The number of hydrogen-bond acceptors (Lipinski definition) is 7. The van der Waals surface area contributed by atoms with Crippen LogP contribution in [0.15, 0.2) is 60.7 Å². The summed E-state index contributed by atoms with van der Waals surface area (Å²) in [6.07, 6.45) is 12.8. The van der Waals surface area contributed by atoms with Crippen molar-refractivity contribution in [1.82, 2.24) is 21.3 Å². The van der Waals surface area contributed by atoms with Crippen LogP contribution in [0.25, 0.3) is 0 Å². The second-order valence-corrected chi connectivity index (χ2v) is 15.2. The van der Waals surface area contributed by atoms with Crippen molar-refractivity contribution in [2.75, 3.05) is 0 Å². The first-order valence-corrected chi connectivity index (χ1v) is 20.9. The minimum absolute atomic E-state index is 0.0468. The van der Waals surface area contributed by atoms with Gasteiger partial charge in [0.15, 0.2) is 0 Å². The highest BCUT2D eigenvalue weighted by Crippen LogP contribution is 2.15. The van der Waals surface area contributed by atoms with Crippen LogP contribution in [0.1, 0.15) is 128 Å². The minimum atomic E-state index is -1.26. The third-order valence-corrected chi connectivity index (χ3v) is 10.3. The summed E-state index contributed by atoms with van der Waals surface area (Å²) in [5.74, 6) is -4.53. The molecule has 14 heteroatoms. The van der Waals surface area contributed by atoms with Crippen LogP contribution in [0.3, 0.4) is 0 Å². The van der Waals surface area contributed by atoms with E-state index in [-0.39, 0.29) is 31.1 Å². The SMILES string of the molecule is CCC(C)[C@H](NC(=O)CCCCCCCCCCCCCCC(=O)N[C@@H](CC(N)=O)C(=O)N[C@@H](Cc1ccccc1)C(=O)O)C(=O)N[C@@H](Cc1ccccc1)C(N)=O. The molecule has 0 aromatic heterocycles. The summed E-state index contributed by atoms with van der Waals surface area (Å²) in [6.45, 7) is 3.85. The molecule has 0 radical (unpaired) electrons. The molecule has 2 aromatic rings. The molecule has 58 heavy (non-hydrogen) atoms. The Balaban J connectivity index is 1.56. The Hall–Kier alpha value is -5.27. The quantitative estimate of drug-likeness (QED) is 0.0539. The van der Waals surface area contributed by atoms with E-state index in [1.807, 2.05) is 44.2 Å². The maximum atomic E-state index is 13.2. The van der Waals surface area contributed by atoms with Crippen molar-refractivity contribution in [3.8, 4) is 0 Å². The van der Waals surface area contributed by atoms with Gasteiger partial charge in [0.1, 0.15) is 24.2 Å². The molecular weight excluding hydrogens is 741 g/mol. The first kappa shape index (κ1) is 48.9. The maximum Gasteiger partial charge on any atom is 0.326 e. The Morgan fingerprint density at radius 2 is 0.966 bits per heavy atom. The van der Waals surface area contributed by atoms with E-state index < -0.39 is 66.1 Å². The summed E-state index contributed by atoms with van der Waals surface area (Å²) in [5.41, 5.74) is 12.5. The largest absolute Gasteiger partial charge is 0.480 e. The molecule has 6 amide bonds. The third-order valence-electron chi connectivity index (χ3n) is 10.3. The van der Waals surface area contributed by atoms with Crippen molar-refractivity contribution in [1.29, 1.82) is 0 Å². The van der Waals surface area contributed by atoms with Crippen LogP contribution in [0, 0.1) is 5.92 Å². The van der Waals surface area contributed by atoms with E-state index in [2.05, 4.69) is 21.3 Å². The number of carboxylic acid groups (broad SMARTS) is 1. The Bertz CT molecular complexity index is 1570. The Morgan fingerprint density at radius 1 is 0.552 bits per heavy atom. The molecule has 2 aromatic carbocycles. The average molecular weight is 807 g/mol.